The van der Waals surface area contributed by atoms with Gasteiger partial charge >= 0.3 is 0 Å². The smallest absolute Gasteiger partial charge is 0.0367 e. The Morgan fingerprint density at radius 1 is 0.938 bits per heavy atom. The molecule has 0 aromatic heterocycles. The van der Waals surface area contributed by atoms with Crippen LogP contribution >= 0.6 is 0 Å². The van der Waals surface area contributed by atoms with Gasteiger partial charge in [0.25, 0.3) is 0 Å². The first-order chi connectivity index (χ1) is 7.77. The van der Waals surface area contributed by atoms with Gasteiger partial charge in [-0.25, -0.2) is 0 Å². The quantitative estimate of drug-likeness (QED) is 0.731. The van der Waals surface area contributed by atoms with Crippen LogP contribution in [0.15, 0.2) is 24.3 Å². The van der Waals surface area contributed by atoms with Gasteiger partial charge in [0.05, 0.1) is 0 Å². The van der Waals surface area contributed by atoms with Crippen molar-refractivity contribution in [2.45, 2.75) is 32.1 Å². The molecule has 0 radical (unpaired) electrons. The van der Waals surface area contributed by atoms with Crippen LogP contribution in [0.4, 0.5) is 11.4 Å². The Kier molecular flexibility index (Phi) is 2.31. The largest absolute Gasteiger partial charge is 0.399 e. The lowest BCUT2D eigenvalue weighted by atomic mass is 9.63. The van der Waals surface area contributed by atoms with Crippen molar-refractivity contribution >= 4 is 11.4 Å². The summed E-state index contributed by atoms with van der Waals surface area (Å²) in [6.45, 7) is 2.45. The molecule has 0 bridgehead atoms. The molecule has 1 aromatic rings. The highest BCUT2D eigenvalue weighted by molar-refractivity contribution is 5.53. The Labute approximate surface area is 97.4 Å². The maximum Gasteiger partial charge on any atom is 0.0367 e. The van der Waals surface area contributed by atoms with Gasteiger partial charge in [-0.15, -0.1) is 0 Å². The third kappa shape index (κ3) is 1.66. The van der Waals surface area contributed by atoms with E-state index >= 15 is 0 Å². The Morgan fingerprint density at radius 2 is 1.56 bits per heavy atom. The minimum Gasteiger partial charge on any atom is -0.399 e. The van der Waals surface area contributed by atoms with E-state index in [0.29, 0.717) is 0 Å². The van der Waals surface area contributed by atoms with Gasteiger partial charge in [0.1, 0.15) is 0 Å². The van der Waals surface area contributed by atoms with Gasteiger partial charge in [0.2, 0.25) is 0 Å². The average Bonchev–Trinajstić information content (AvgIpc) is 2.28. The normalized spacial score (nSPS) is 23.1. The van der Waals surface area contributed by atoms with E-state index < -0.39 is 0 Å². The first-order valence-corrected chi connectivity index (χ1v) is 6.38. The number of hydrogen-bond acceptors (Lipinski definition) is 2. The molecule has 1 aromatic carbocycles. The first-order valence-electron chi connectivity index (χ1n) is 6.38. The molecule has 3 rings (SSSR count). The summed E-state index contributed by atoms with van der Waals surface area (Å²) in [6, 6.07) is 8.30. The van der Waals surface area contributed by atoms with Gasteiger partial charge in [-0.1, -0.05) is 6.42 Å². The van der Waals surface area contributed by atoms with E-state index in [1.807, 2.05) is 12.1 Å². The van der Waals surface area contributed by atoms with E-state index in [9.17, 15) is 0 Å². The van der Waals surface area contributed by atoms with E-state index in [0.717, 1.165) is 11.1 Å². The van der Waals surface area contributed by atoms with Gasteiger partial charge in [-0.2, -0.15) is 0 Å². The van der Waals surface area contributed by atoms with Crippen LogP contribution in [0.2, 0.25) is 0 Å². The predicted octanol–water partition coefficient (Wildman–Crippen LogP) is 3.04. The summed E-state index contributed by atoms with van der Waals surface area (Å²) in [5.74, 6) is 0. The lowest BCUT2D eigenvalue weighted by Crippen LogP contribution is -2.43. The summed E-state index contributed by atoms with van der Waals surface area (Å²) in [5, 5.41) is 0. The minimum atomic E-state index is 0.740. The third-order valence-electron chi connectivity index (χ3n) is 4.50. The predicted molar refractivity (Wildman–Crippen MR) is 68.6 cm³/mol. The van der Waals surface area contributed by atoms with Crippen LogP contribution < -0.4 is 10.6 Å². The van der Waals surface area contributed by atoms with Gasteiger partial charge in [-0.05, 0) is 55.4 Å². The zero-order valence-electron chi connectivity index (χ0n) is 9.78. The van der Waals surface area contributed by atoms with Gasteiger partial charge in [0.15, 0.2) is 0 Å². The average molecular weight is 216 g/mol. The van der Waals surface area contributed by atoms with E-state index in [-0.39, 0.29) is 0 Å². The summed E-state index contributed by atoms with van der Waals surface area (Å²) in [6.07, 6.45) is 7.18. The molecule has 1 heterocycles. The number of nitrogens with zero attached hydrogens (tertiary/aromatic N) is 1. The van der Waals surface area contributed by atoms with Crippen molar-refractivity contribution < 1.29 is 0 Å². The zero-order valence-corrected chi connectivity index (χ0v) is 9.78. The van der Waals surface area contributed by atoms with Crippen molar-refractivity contribution in [3.63, 3.8) is 0 Å². The van der Waals surface area contributed by atoms with Crippen molar-refractivity contribution in [2.75, 3.05) is 23.7 Å². The van der Waals surface area contributed by atoms with Crippen LogP contribution in [0.1, 0.15) is 32.1 Å². The summed E-state index contributed by atoms with van der Waals surface area (Å²) in [7, 11) is 0. The molecule has 1 aliphatic heterocycles. The molecule has 2 fully saturated rings. The van der Waals surface area contributed by atoms with Crippen molar-refractivity contribution in [1.82, 2.24) is 0 Å². The molecule has 1 aliphatic carbocycles. The highest BCUT2D eigenvalue weighted by Crippen LogP contribution is 2.49. The maximum atomic E-state index is 5.71. The number of rotatable bonds is 1. The summed E-state index contributed by atoms with van der Waals surface area (Å²) >= 11 is 0. The van der Waals surface area contributed by atoms with Crippen LogP contribution in [-0.4, -0.2) is 13.1 Å². The number of anilines is 2. The van der Waals surface area contributed by atoms with Gasteiger partial charge in [0, 0.05) is 24.5 Å². The highest BCUT2D eigenvalue weighted by Gasteiger charge is 2.39. The SMILES string of the molecule is Nc1ccc(N2CCC3(CCC3)CC2)cc1. The summed E-state index contributed by atoms with van der Waals surface area (Å²) < 4.78 is 0. The molecule has 16 heavy (non-hydrogen) atoms. The molecule has 2 aliphatic rings. The van der Waals surface area contributed by atoms with Gasteiger partial charge in [-0.3, -0.25) is 0 Å². The number of nitrogens with two attached hydrogens (primary N) is 1. The fraction of sp³-hybridized carbons (Fsp3) is 0.571. The maximum absolute atomic E-state index is 5.71. The standard InChI is InChI=1S/C14H20N2/c15-12-2-4-13(5-3-12)16-10-8-14(9-11-16)6-1-7-14/h2-5H,1,6-11,15H2. The second-order valence-corrected chi connectivity index (χ2v) is 5.43. The van der Waals surface area contributed by atoms with E-state index in [2.05, 4.69) is 17.0 Å². The lowest BCUT2D eigenvalue weighted by Gasteiger charge is -2.48. The molecular formula is C14H20N2. The first kappa shape index (κ1) is 10.0. The highest BCUT2D eigenvalue weighted by atomic mass is 15.1. The fourth-order valence-electron chi connectivity index (χ4n) is 3.10. The fourth-order valence-corrected chi connectivity index (χ4v) is 3.10. The minimum absolute atomic E-state index is 0.740. The van der Waals surface area contributed by atoms with Crippen LogP contribution in [0.5, 0.6) is 0 Å². The Balaban J connectivity index is 1.67. The monoisotopic (exact) mass is 216 g/mol. The molecule has 2 heteroatoms. The zero-order chi connectivity index (χ0) is 11.0. The van der Waals surface area contributed by atoms with E-state index in [4.69, 9.17) is 5.73 Å². The number of benzene rings is 1. The van der Waals surface area contributed by atoms with E-state index in [1.165, 1.54) is 50.9 Å². The van der Waals surface area contributed by atoms with Crippen LogP contribution in [0.3, 0.4) is 0 Å². The lowest BCUT2D eigenvalue weighted by molar-refractivity contribution is 0.0955. The number of nitrogen functional groups attached to an aromatic ring is 1. The molecule has 1 spiro atoms. The van der Waals surface area contributed by atoms with Crippen molar-refractivity contribution in [3.8, 4) is 0 Å². The molecule has 0 amide bonds. The van der Waals surface area contributed by atoms with Crippen molar-refractivity contribution in [2.24, 2.45) is 5.41 Å². The van der Waals surface area contributed by atoms with E-state index in [1.54, 1.807) is 0 Å². The molecular weight excluding hydrogens is 196 g/mol. The van der Waals surface area contributed by atoms with Gasteiger partial charge < -0.3 is 10.6 Å². The Morgan fingerprint density at radius 3 is 2.06 bits per heavy atom. The molecule has 0 unspecified atom stereocenters. The number of piperidine rings is 1. The molecule has 86 valence electrons. The van der Waals surface area contributed by atoms with Crippen molar-refractivity contribution in [3.05, 3.63) is 24.3 Å². The molecule has 2 nitrogen and oxygen atoms in total. The molecule has 0 atom stereocenters. The molecule has 1 saturated heterocycles. The number of hydrogen-bond donors (Lipinski definition) is 1. The molecule has 2 N–H and O–H groups in total. The Bertz CT molecular complexity index is 355. The van der Waals surface area contributed by atoms with Crippen LogP contribution in [0, 0.1) is 5.41 Å². The van der Waals surface area contributed by atoms with Crippen molar-refractivity contribution in [1.29, 1.82) is 0 Å². The second kappa shape index (κ2) is 3.69. The molecule has 1 saturated carbocycles. The summed E-state index contributed by atoms with van der Waals surface area (Å²) in [5.41, 5.74) is 8.65. The summed E-state index contributed by atoms with van der Waals surface area (Å²) in [4.78, 5) is 2.50. The Hall–Kier alpha value is -1.18. The second-order valence-electron chi connectivity index (χ2n) is 5.43. The topological polar surface area (TPSA) is 29.3 Å². The van der Waals surface area contributed by atoms with Crippen LogP contribution in [-0.2, 0) is 0 Å². The third-order valence-corrected chi connectivity index (χ3v) is 4.50. The van der Waals surface area contributed by atoms with Crippen LogP contribution in [0.25, 0.3) is 0 Å².